The maximum Gasteiger partial charge on any atom is 0.289 e. The fourth-order valence-corrected chi connectivity index (χ4v) is 4.78. The van der Waals surface area contributed by atoms with Gasteiger partial charge in [0.15, 0.2) is 5.76 Å². The van der Waals surface area contributed by atoms with Crippen molar-refractivity contribution in [2.45, 2.75) is 37.3 Å². The smallest absolute Gasteiger partial charge is 0.289 e. The normalized spacial score (nSPS) is 26.8. The van der Waals surface area contributed by atoms with Crippen molar-refractivity contribution in [3.63, 3.8) is 0 Å². The third-order valence-corrected chi connectivity index (χ3v) is 6.77. The van der Waals surface area contributed by atoms with Gasteiger partial charge in [-0.1, -0.05) is 0 Å². The standard InChI is InChI=1S/C21H26F2N4O4/c22-21(23)10-16(27(13-21)15-11-26(12-15)18(28)14-3-4-14)19(29)24-5-7-25(8-6-24)20(30)17-2-1-9-31-17/h1-2,9,14-16H,3-8,10-13H2/t16-/m0/s1. The molecule has 3 aliphatic heterocycles. The summed E-state index contributed by atoms with van der Waals surface area (Å²) >= 11 is 0. The van der Waals surface area contributed by atoms with Crippen LogP contribution >= 0.6 is 0 Å². The Morgan fingerprint density at radius 3 is 2.26 bits per heavy atom. The zero-order valence-electron chi connectivity index (χ0n) is 17.2. The molecular weight excluding hydrogens is 410 g/mol. The minimum Gasteiger partial charge on any atom is -0.459 e. The molecule has 3 saturated heterocycles. The summed E-state index contributed by atoms with van der Waals surface area (Å²) in [6.07, 6.45) is 2.76. The Balaban J connectivity index is 1.19. The van der Waals surface area contributed by atoms with Gasteiger partial charge < -0.3 is 19.1 Å². The molecule has 1 saturated carbocycles. The van der Waals surface area contributed by atoms with Crippen LogP contribution in [0, 0.1) is 5.92 Å². The number of hydrogen-bond acceptors (Lipinski definition) is 5. The van der Waals surface area contributed by atoms with Crippen LogP contribution in [0.2, 0.25) is 0 Å². The topological polar surface area (TPSA) is 77.3 Å². The predicted octanol–water partition coefficient (Wildman–Crippen LogP) is 0.894. The van der Waals surface area contributed by atoms with Crippen molar-refractivity contribution in [1.29, 1.82) is 0 Å². The van der Waals surface area contributed by atoms with E-state index in [0.717, 1.165) is 12.8 Å². The van der Waals surface area contributed by atoms with Crippen LogP contribution < -0.4 is 0 Å². The van der Waals surface area contributed by atoms with E-state index < -0.39 is 24.9 Å². The van der Waals surface area contributed by atoms with Crippen molar-refractivity contribution in [3.05, 3.63) is 24.2 Å². The van der Waals surface area contributed by atoms with Gasteiger partial charge in [-0.15, -0.1) is 0 Å². The molecule has 0 aromatic carbocycles. The Kier molecular flexibility index (Phi) is 4.99. The summed E-state index contributed by atoms with van der Waals surface area (Å²) in [7, 11) is 0. The third kappa shape index (κ3) is 3.93. The first-order valence-corrected chi connectivity index (χ1v) is 10.9. The van der Waals surface area contributed by atoms with E-state index in [-0.39, 0.29) is 35.4 Å². The molecule has 1 aliphatic carbocycles. The molecule has 8 nitrogen and oxygen atoms in total. The lowest BCUT2D eigenvalue weighted by Crippen LogP contribution is -2.64. The van der Waals surface area contributed by atoms with Crippen molar-refractivity contribution in [3.8, 4) is 0 Å². The van der Waals surface area contributed by atoms with Crippen LogP contribution in [0.1, 0.15) is 29.8 Å². The first-order valence-electron chi connectivity index (χ1n) is 10.9. The summed E-state index contributed by atoms with van der Waals surface area (Å²) in [4.78, 5) is 44.2. The van der Waals surface area contributed by atoms with Gasteiger partial charge in [-0.2, -0.15) is 0 Å². The molecule has 1 aromatic rings. The number of rotatable bonds is 4. The second-order valence-electron chi connectivity index (χ2n) is 9.01. The van der Waals surface area contributed by atoms with Crippen molar-refractivity contribution >= 4 is 17.7 Å². The maximum atomic E-state index is 14.3. The van der Waals surface area contributed by atoms with Crippen LogP contribution in [0.4, 0.5) is 8.78 Å². The number of furan rings is 1. The lowest BCUT2D eigenvalue weighted by Gasteiger charge is -2.46. The second-order valence-corrected chi connectivity index (χ2v) is 9.01. The van der Waals surface area contributed by atoms with E-state index in [4.69, 9.17) is 4.42 Å². The molecule has 0 radical (unpaired) electrons. The lowest BCUT2D eigenvalue weighted by atomic mass is 10.0. The predicted molar refractivity (Wildman–Crippen MR) is 104 cm³/mol. The van der Waals surface area contributed by atoms with E-state index in [2.05, 4.69) is 0 Å². The molecule has 1 aromatic heterocycles. The van der Waals surface area contributed by atoms with Crippen molar-refractivity contribution in [2.75, 3.05) is 45.8 Å². The molecule has 0 unspecified atom stereocenters. The van der Waals surface area contributed by atoms with Gasteiger partial charge in [-0.3, -0.25) is 19.3 Å². The Morgan fingerprint density at radius 1 is 0.968 bits per heavy atom. The summed E-state index contributed by atoms with van der Waals surface area (Å²) in [5.74, 6) is -2.99. The van der Waals surface area contributed by atoms with Crippen molar-refractivity contribution in [1.82, 2.24) is 19.6 Å². The molecule has 10 heteroatoms. The molecule has 0 N–H and O–H groups in total. The van der Waals surface area contributed by atoms with E-state index in [1.165, 1.54) is 6.26 Å². The van der Waals surface area contributed by atoms with Gasteiger partial charge in [0.2, 0.25) is 11.8 Å². The zero-order chi connectivity index (χ0) is 21.8. The number of amides is 3. The Hall–Kier alpha value is -2.49. The fourth-order valence-electron chi connectivity index (χ4n) is 4.78. The average molecular weight is 436 g/mol. The van der Waals surface area contributed by atoms with Crippen LogP contribution in [-0.2, 0) is 9.59 Å². The number of piperazine rings is 1. The van der Waals surface area contributed by atoms with Crippen LogP contribution in [0.5, 0.6) is 0 Å². The van der Waals surface area contributed by atoms with E-state index in [9.17, 15) is 23.2 Å². The highest BCUT2D eigenvalue weighted by Crippen LogP contribution is 2.38. The fraction of sp³-hybridized carbons (Fsp3) is 0.667. The van der Waals surface area contributed by atoms with Crippen molar-refractivity contribution in [2.24, 2.45) is 5.92 Å². The summed E-state index contributed by atoms with van der Waals surface area (Å²) in [5.41, 5.74) is 0. The average Bonchev–Trinajstić information content (AvgIpc) is 3.33. The molecule has 31 heavy (non-hydrogen) atoms. The minimum atomic E-state index is -2.92. The van der Waals surface area contributed by atoms with Gasteiger partial charge in [-0.25, -0.2) is 8.78 Å². The third-order valence-electron chi connectivity index (χ3n) is 6.77. The highest BCUT2D eigenvalue weighted by atomic mass is 19.3. The second kappa shape index (κ2) is 7.58. The Labute approximate surface area is 178 Å². The quantitative estimate of drug-likeness (QED) is 0.701. The number of alkyl halides is 2. The van der Waals surface area contributed by atoms with Gasteiger partial charge in [0.25, 0.3) is 11.8 Å². The first-order chi connectivity index (χ1) is 14.8. The van der Waals surface area contributed by atoms with Crippen LogP contribution in [-0.4, -0.2) is 101 Å². The summed E-state index contributed by atoms with van der Waals surface area (Å²) in [6, 6.07) is 2.15. The van der Waals surface area contributed by atoms with E-state index in [0.29, 0.717) is 39.3 Å². The summed E-state index contributed by atoms with van der Waals surface area (Å²) in [6.45, 7) is 1.66. The molecule has 4 heterocycles. The van der Waals surface area contributed by atoms with Crippen molar-refractivity contribution < 1.29 is 27.6 Å². The minimum absolute atomic E-state index is 0.110. The SMILES string of the molecule is O=C(c1ccco1)N1CCN(C(=O)[C@@H]2CC(F)(F)CN2C2CN(C(=O)C3CC3)C2)CC1. The van der Waals surface area contributed by atoms with Crippen LogP contribution in [0.3, 0.4) is 0 Å². The number of hydrogen-bond donors (Lipinski definition) is 0. The number of halogens is 2. The number of likely N-dealkylation sites (tertiary alicyclic amines) is 2. The van der Waals surface area contributed by atoms with Gasteiger partial charge in [-0.05, 0) is 25.0 Å². The molecule has 3 amide bonds. The maximum absolute atomic E-state index is 14.3. The van der Waals surface area contributed by atoms with Crippen LogP contribution in [0.15, 0.2) is 22.8 Å². The molecule has 1 atom stereocenters. The molecule has 4 aliphatic rings. The highest BCUT2D eigenvalue weighted by Gasteiger charge is 2.54. The monoisotopic (exact) mass is 436 g/mol. The van der Waals surface area contributed by atoms with Crippen LogP contribution in [0.25, 0.3) is 0 Å². The lowest BCUT2D eigenvalue weighted by molar-refractivity contribution is -0.144. The molecule has 0 spiro atoms. The summed E-state index contributed by atoms with van der Waals surface area (Å²) < 4.78 is 33.7. The van der Waals surface area contributed by atoms with Gasteiger partial charge in [0.05, 0.1) is 18.8 Å². The Bertz CT molecular complexity index is 859. The molecule has 4 fully saturated rings. The molecule has 0 bridgehead atoms. The highest BCUT2D eigenvalue weighted by molar-refractivity contribution is 5.91. The van der Waals surface area contributed by atoms with Gasteiger partial charge in [0.1, 0.15) is 0 Å². The molecule has 5 rings (SSSR count). The number of carbonyl (C=O) groups is 3. The largest absolute Gasteiger partial charge is 0.459 e. The summed E-state index contributed by atoms with van der Waals surface area (Å²) in [5, 5.41) is 0. The van der Waals surface area contributed by atoms with Gasteiger partial charge >= 0.3 is 0 Å². The van der Waals surface area contributed by atoms with E-state index in [1.807, 2.05) is 0 Å². The number of carbonyl (C=O) groups excluding carboxylic acids is 3. The Morgan fingerprint density at radius 2 is 1.65 bits per heavy atom. The van der Waals surface area contributed by atoms with E-state index in [1.54, 1.807) is 31.7 Å². The van der Waals surface area contributed by atoms with Gasteiger partial charge in [0, 0.05) is 57.6 Å². The zero-order valence-corrected chi connectivity index (χ0v) is 17.2. The molecular formula is C21H26F2N4O4. The number of nitrogens with zero attached hydrogens (tertiary/aromatic N) is 4. The van der Waals surface area contributed by atoms with E-state index >= 15 is 0 Å². The molecule has 168 valence electrons. The first kappa shape index (κ1) is 20.4.